The van der Waals surface area contributed by atoms with Crippen molar-refractivity contribution >= 4 is 37.8 Å². The highest BCUT2D eigenvalue weighted by atomic mass is 28.3. The number of hydrogen-bond acceptors (Lipinski definition) is 9. The number of cyclic esters (lactones) is 1. The van der Waals surface area contributed by atoms with E-state index in [1.54, 1.807) is 20.8 Å². The van der Waals surface area contributed by atoms with Crippen LogP contribution in [0.5, 0.6) is 5.88 Å². The van der Waals surface area contributed by atoms with Gasteiger partial charge in [-0.2, -0.15) is 0 Å². The molecule has 194 valence electrons. The summed E-state index contributed by atoms with van der Waals surface area (Å²) >= 11 is 0. The van der Waals surface area contributed by atoms with Crippen molar-refractivity contribution in [3.8, 4) is 5.88 Å². The van der Waals surface area contributed by atoms with E-state index in [-0.39, 0.29) is 49.9 Å². The highest BCUT2D eigenvalue weighted by Crippen LogP contribution is 2.31. The summed E-state index contributed by atoms with van der Waals surface area (Å²) in [5.74, 6) is 0.344. The molecule has 35 heavy (non-hydrogen) atoms. The number of nitrogens with zero attached hydrogens (tertiary/aromatic N) is 4. The number of nitrogens with one attached hydrogen (secondary N) is 1. The van der Waals surface area contributed by atoms with Crippen LogP contribution in [0.3, 0.4) is 0 Å². The lowest BCUT2D eigenvalue weighted by Crippen LogP contribution is -2.42. The van der Waals surface area contributed by atoms with Gasteiger partial charge in [-0.15, -0.1) is 0 Å². The van der Waals surface area contributed by atoms with Gasteiger partial charge in [0.05, 0.1) is 12.7 Å². The van der Waals surface area contributed by atoms with Crippen LogP contribution in [0.1, 0.15) is 27.2 Å². The summed E-state index contributed by atoms with van der Waals surface area (Å²) in [5.41, 5.74) is -0.593. The molecule has 0 radical (unpaired) electrons. The van der Waals surface area contributed by atoms with Crippen molar-refractivity contribution in [3.63, 3.8) is 0 Å². The molecule has 1 saturated heterocycles. The van der Waals surface area contributed by atoms with Gasteiger partial charge in [0.15, 0.2) is 12.4 Å². The van der Waals surface area contributed by atoms with Crippen LogP contribution in [0, 0.1) is 0 Å². The normalized spacial score (nSPS) is 18.2. The number of ether oxygens (including phenoxy) is 4. The average Bonchev–Trinajstić information content (AvgIpc) is 3.10. The van der Waals surface area contributed by atoms with Crippen LogP contribution in [0.15, 0.2) is 6.20 Å². The number of anilines is 2. The Morgan fingerprint density at radius 1 is 1.29 bits per heavy atom. The lowest BCUT2D eigenvalue weighted by molar-refractivity contribution is -0.122. The molecule has 3 heterocycles. The van der Waals surface area contributed by atoms with E-state index in [1.807, 2.05) is 0 Å². The van der Waals surface area contributed by atoms with E-state index in [2.05, 4.69) is 34.9 Å². The van der Waals surface area contributed by atoms with Crippen molar-refractivity contribution in [1.82, 2.24) is 15.3 Å². The fraction of sp³-hybridized carbons (Fsp3) is 0.682. The molecule has 1 unspecified atom stereocenters. The zero-order valence-electron chi connectivity index (χ0n) is 21.3. The Hall–Kier alpha value is -2.93. The molecule has 3 amide bonds. The number of fused-ring (bicyclic) bond motifs is 1. The largest absolute Gasteiger partial charge is 0.465 e. The molecular formula is C22H35N5O7Si. The van der Waals surface area contributed by atoms with Gasteiger partial charge in [-0.25, -0.2) is 19.6 Å². The van der Waals surface area contributed by atoms with Gasteiger partial charge in [-0.1, -0.05) is 19.6 Å². The third-order valence-electron chi connectivity index (χ3n) is 5.10. The molecule has 1 N–H and O–H groups in total. The molecular weight excluding hydrogens is 474 g/mol. The predicted molar refractivity (Wildman–Crippen MR) is 130 cm³/mol. The summed E-state index contributed by atoms with van der Waals surface area (Å²) in [6.07, 6.45) is 0.243. The van der Waals surface area contributed by atoms with Crippen LogP contribution < -0.4 is 19.9 Å². The number of hydrogen-bond donors (Lipinski definition) is 1. The second kappa shape index (κ2) is 10.8. The monoisotopic (exact) mass is 509 g/mol. The Balaban J connectivity index is 1.60. The molecule has 3 rings (SSSR count). The zero-order valence-corrected chi connectivity index (χ0v) is 22.3. The van der Waals surface area contributed by atoms with Gasteiger partial charge in [0, 0.05) is 27.6 Å². The van der Waals surface area contributed by atoms with Crippen molar-refractivity contribution < 1.29 is 33.3 Å². The second-order valence-electron chi connectivity index (χ2n) is 10.6. The first-order valence-corrected chi connectivity index (χ1v) is 15.4. The van der Waals surface area contributed by atoms with Crippen LogP contribution in [-0.4, -0.2) is 80.9 Å². The maximum atomic E-state index is 12.5. The van der Waals surface area contributed by atoms with E-state index < -0.39 is 32.0 Å². The van der Waals surface area contributed by atoms with Gasteiger partial charge in [0.2, 0.25) is 5.82 Å². The minimum atomic E-state index is -1.27. The van der Waals surface area contributed by atoms with E-state index in [4.69, 9.17) is 18.9 Å². The highest BCUT2D eigenvalue weighted by molar-refractivity contribution is 6.76. The third kappa shape index (κ3) is 7.78. The SMILES string of the molecule is CC(C)(C)OC(=O)NCCC1CN(c2cnc3c(n2)N(COCC[Si](C)(C)C)C(=O)CO3)C(=O)O1. The minimum Gasteiger partial charge on any atom is -0.465 e. The second-order valence-corrected chi connectivity index (χ2v) is 16.3. The van der Waals surface area contributed by atoms with Gasteiger partial charge in [-0.3, -0.25) is 14.6 Å². The minimum absolute atomic E-state index is 0.0290. The van der Waals surface area contributed by atoms with Crippen molar-refractivity contribution in [3.05, 3.63) is 6.20 Å². The standard InChI is InChI=1S/C22H35N5O7Si/c1-22(2,3)34-20(29)23-8-7-15-12-26(21(30)33-15)16-11-24-19-18(25-16)27(17(28)13-32-19)14-31-9-10-35(4,5)6/h11,15H,7-10,12-14H2,1-6H3,(H,23,29). The lowest BCUT2D eigenvalue weighted by atomic mass is 10.2. The number of alkyl carbamates (subject to hydrolysis) is 1. The highest BCUT2D eigenvalue weighted by Gasteiger charge is 2.36. The molecule has 1 fully saturated rings. The smallest absolute Gasteiger partial charge is 0.415 e. The van der Waals surface area contributed by atoms with Crippen molar-refractivity contribution in [2.24, 2.45) is 0 Å². The van der Waals surface area contributed by atoms with Gasteiger partial charge in [-0.05, 0) is 26.8 Å². The molecule has 1 aromatic rings. The summed E-state index contributed by atoms with van der Waals surface area (Å²) in [7, 11) is -1.27. The van der Waals surface area contributed by atoms with Gasteiger partial charge < -0.3 is 24.3 Å². The number of aromatic nitrogens is 2. The molecule has 2 aliphatic heterocycles. The van der Waals surface area contributed by atoms with Gasteiger partial charge >= 0.3 is 12.2 Å². The van der Waals surface area contributed by atoms with Crippen LogP contribution >= 0.6 is 0 Å². The fourth-order valence-electron chi connectivity index (χ4n) is 3.27. The summed E-state index contributed by atoms with van der Waals surface area (Å²) < 4.78 is 21.7. The van der Waals surface area contributed by atoms with E-state index in [0.717, 1.165) is 6.04 Å². The van der Waals surface area contributed by atoms with Crippen LogP contribution in [0.2, 0.25) is 25.7 Å². The Labute approximate surface area is 206 Å². The summed E-state index contributed by atoms with van der Waals surface area (Å²) in [6.45, 7) is 13.0. The molecule has 1 aromatic heterocycles. The Kier molecular flexibility index (Phi) is 8.21. The predicted octanol–water partition coefficient (Wildman–Crippen LogP) is 2.75. The zero-order chi connectivity index (χ0) is 25.8. The topological polar surface area (TPSA) is 132 Å². The molecule has 0 spiro atoms. The van der Waals surface area contributed by atoms with Crippen LogP contribution in [0.4, 0.5) is 21.2 Å². The van der Waals surface area contributed by atoms with Crippen molar-refractivity contribution in [2.75, 3.05) is 42.8 Å². The van der Waals surface area contributed by atoms with E-state index in [9.17, 15) is 14.4 Å². The molecule has 0 aromatic carbocycles. The molecule has 1 atom stereocenters. The number of carbonyl (C=O) groups is 3. The van der Waals surface area contributed by atoms with Crippen molar-refractivity contribution in [2.45, 2.75) is 64.6 Å². The van der Waals surface area contributed by atoms with E-state index in [1.165, 1.54) is 16.0 Å². The summed E-state index contributed by atoms with van der Waals surface area (Å²) in [5, 5.41) is 2.65. The molecule has 0 aliphatic carbocycles. The maximum Gasteiger partial charge on any atom is 0.415 e. The Bertz CT molecular complexity index is 947. The first-order chi connectivity index (χ1) is 16.3. The molecule has 0 saturated carbocycles. The number of carbonyl (C=O) groups excluding carboxylic acids is 3. The number of amides is 3. The number of rotatable bonds is 9. The average molecular weight is 510 g/mol. The third-order valence-corrected chi connectivity index (χ3v) is 6.80. The first kappa shape index (κ1) is 26.7. The lowest BCUT2D eigenvalue weighted by Gasteiger charge is -2.28. The maximum absolute atomic E-state index is 12.5. The summed E-state index contributed by atoms with van der Waals surface area (Å²) in [6, 6.07) is 0.966. The Morgan fingerprint density at radius 3 is 2.71 bits per heavy atom. The van der Waals surface area contributed by atoms with Gasteiger partial charge in [0.25, 0.3) is 11.8 Å². The van der Waals surface area contributed by atoms with Crippen LogP contribution in [-0.2, 0) is 19.0 Å². The van der Waals surface area contributed by atoms with Crippen LogP contribution in [0.25, 0.3) is 0 Å². The van der Waals surface area contributed by atoms with E-state index in [0.29, 0.717) is 13.0 Å². The fourth-order valence-corrected chi connectivity index (χ4v) is 4.03. The van der Waals surface area contributed by atoms with E-state index >= 15 is 0 Å². The quantitative estimate of drug-likeness (QED) is 0.394. The van der Waals surface area contributed by atoms with Crippen molar-refractivity contribution in [1.29, 1.82) is 0 Å². The Morgan fingerprint density at radius 2 is 2.03 bits per heavy atom. The molecule has 13 heteroatoms. The molecule has 12 nitrogen and oxygen atoms in total. The van der Waals surface area contributed by atoms with Gasteiger partial charge in [0.1, 0.15) is 18.4 Å². The molecule has 2 aliphatic rings. The first-order valence-electron chi connectivity index (χ1n) is 11.7. The summed E-state index contributed by atoms with van der Waals surface area (Å²) in [4.78, 5) is 48.2. The molecule has 0 bridgehead atoms.